The Morgan fingerprint density at radius 2 is 2.10 bits per heavy atom. The predicted octanol–water partition coefficient (Wildman–Crippen LogP) is 1.36. The van der Waals surface area contributed by atoms with Crippen LogP contribution in [0.2, 0.25) is 0 Å². The van der Waals surface area contributed by atoms with Gasteiger partial charge in [-0.3, -0.25) is 4.79 Å². The summed E-state index contributed by atoms with van der Waals surface area (Å²) >= 11 is 0. The Balaban J connectivity index is 1.91. The van der Waals surface area contributed by atoms with E-state index >= 15 is 0 Å². The number of benzene rings is 1. The first kappa shape index (κ1) is 14.4. The molecule has 1 aliphatic carbocycles. The Kier molecular flexibility index (Phi) is 4.59. The van der Waals surface area contributed by atoms with Gasteiger partial charge in [-0.05, 0) is 25.0 Å². The van der Waals surface area contributed by atoms with Crippen molar-refractivity contribution in [2.24, 2.45) is 0 Å². The van der Waals surface area contributed by atoms with Crippen LogP contribution in [0.4, 0.5) is 0 Å². The number of nitriles is 1. The Hall–Kier alpha value is -2.06. The van der Waals surface area contributed by atoms with Gasteiger partial charge in [0, 0.05) is 0 Å². The Bertz CT molecular complexity index is 516. The van der Waals surface area contributed by atoms with Crippen molar-refractivity contribution in [3.8, 4) is 11.8 Å². The first-order chi connectivity index (χ1) is 9.69. The van der Waals surface area contributed by atoms with Gasteiger partial charge >= 0.3 is 0 Å². The average molecular weight is 274 g/mol. The van der Waals surface area contributed by atoms with Crippen LogP contribution in [0.1, 0.15) is 31.2 Å². The molecule has 0 atom stereocenters. The van der Waals surface area contributed by atoms with Gasteiger partial charge in [-0.1, -0.05) is 25.0 Å². The van der Waals surface area contributed by atoms with E-state index in [0.717, 1.165) is 25.7 Å². The number of carbonyl (C=O) groups excluding carboxylic acids is 1. The number of aliphatic hydroxyl groups is 1. The minimum atomic E-state index is -0.491. The molecule has 1 amide bonds. The van der Waals surface area contributed by atoms with Gasteiger partial charge in [0.2, 0.25) is 0 Å². The number of ether oxygens (including phenoxy) is 1. The fourth-order valence-corrected chi connectivity index (χ4v) is 2.53. The molecule has 20 heavy (non-hydrogen) atoms. The molecule has 1 aromatic rings. The SMILES string of the molecule is N#Cc1ccccc1OCC(=O)NC1(CO)CCCC1. The molecule has 0 spiro atoms. The molecule has 0 aliphatic heterocycles. The third-order valence-corrected chi connectivity index (χ3v) is 3.63. The van der Waals surface area contributed by atoms with E-state index in [0.29, 0.717) is 11.3 Å². The molecule has 1 saturated carbocycles. The van der Waals surface area contributed by atoms with Crippen LogP contribution in [0, 0.1) is 11.3 Å². The fourth-order valence-electron chi connectivity index (χ4n) is 2.53. The number of nitrogens with zero attached hydrogens (tertiary/aromatic N) is 1. The van der Waals surface area contributed by atoms with E-state index < -0.39 is 5.54 Å². The lowest BCUT2D eigenvalue weighted by molar-refractivity contribution is -0.125. The van der Waals surface area contributed by atoms with Crippen molar-refractivity contribution >= 4 is 5.91 Å². The normalized spacial score (nSPS) is 16.4. The number of nitrogens with one attached hydrogen (secondary N) is 1. The minimum Gasteiger partial charge on any atom is -0.482 e. The number of hydrogen-bond donors (Lipinski definition) is 2. The maximum atomic E-state index is 11.9. The quantitative estimate of drug-likeness (QED) is 0.849. The van der Waals surface area contributed by atoms with Crippen LogP contribution >= 0.6 is 0 Å². The van der Waals surface area contributed by atoms with Crippen LogP contribution < -0.4 is 10.1 Å². The van der Waals surface area contributed by atoms with Gasteiger partial charge < -0.3 is 15.2 Å². The van der Waals surface area contributed by atoms with E-state index in [1.54, 1.807) is 24.3 Å². The second-order valence-electron chi connectivity index (χ2n) is 5.09. The summed E-state index contributed by atoms with van der Waals surface area (Å²) in [5, 5.41) is 21.2. The molecule has 106 valence electrons. The smallest absolute Gasteiger partial charge is 0.258 e. The Morgan fingerprint density at radius 1 is 1.40 bits per heavy atom. The van der Waals surface area contributed by atoms with Crippen LogP contribution in [0.25, 0.3) is 0 Å². The molecule has 2 N–H and O–H groups in total. The molecular formula is C15H18N2O3. The van der Waals surface area contributed by atoms with Crippen LogP contribution in [-0.2, 0) is 4.79 Å². The highest BCUT2D eigenvalue weighted by molar-refractivity contribution is 5.78. The van der Waals surface area contributed by atoms with Gasteiger partial charge in [0.05, 0.1) is 17.7 Å². The summed E-state index contributed by atoms with van der Waals surface area (Å²) in [6.07, 6.45) is 3.62. The molecule has 5 nitrogen and oxygen atoms in total. The molecule has 0 unspecified atom stereocenters. The predicted molar refractivity (Wildman–Crippen MR) is 73.1 cm³/mol. The number of hydrogen-bond acceptors (Lipinski definition) is 4. The van der Waals surface area contributed by atoms with Gasteiger partial charge in [0.1, 0.15) is 11.8 Å². The second-order valence-corrected chi connectivity index (χ2v) is 5.09. The van der Waals surface area contributed by atoms with Crippen LogP contribution in [-0.4, -0.2) is 29.8 Å². The zero-order chi connectivity index (χ0) is 14.4. The summed E-state index contributed by atoms with van der Waals surface area (Å²) in [6, 6.07) is 8.80. The summed E-state index contributed by atoms with van der Waals surface area (Å²) in [5.74, 6) is 0.128. The fraction of sp³-hybridized carbons (Fsp3) is 0.467. The van der Waals surface area contributed by atoms with E-state index in [2.05, 4.69) is 5.32 Å². The van der Waals surface area contributed by atoms with Crippen molar-refractivity contribution in [2.75, 3.05) is 13.2 Å². The molecule has 0 heterocycles. The third kappa shape index (κ3) is 3.28. The Labute approximate surface area is 118 Å². The zero-order valence-electron chi connectivity index (χ0n) is 11.3. The lowest BCUT2D eigenvalue weighted by Gasteiger charge is -2.27. The number of rotatable bonds is 5. The van der Waals surface area contributed by atoms with Crippen molar-refractivity contribution in [2.45, 2.75) is 31.2 Å². The molecule has 1 aromatic carbocycles. The summed E-state index contributed by atoms with van der Waals surface area (Å²) in [5.41, 5.74) is -0.0899. The van der Waals surface area contributed by atoms with Crippen molar-refractivity contribution in [3.63, 3.8) is 0 Å². The molecule has 1 aliphatic rings. The highest BCUT2D eigenvalue weighted by Gasteiger charge is 2.34. The molecule has 0 saturated heterocycles. The summed E-state index contributed by atoms with van der Waals surface area (Å²) < 4.78 is 5.37. The van der Waals surface area contributed by atoms with Gasteiger partial charge in [0.15, 0.2) is 6.61 Å². The van der Waals surface area contributed by atoms with Crippen molar-refractivity contribution < 1.29 is 14.6 Å². The second kappa shape index (κ2) is 6.40. The van der Waals surface area contributed by atoms with E-state index in [1.165, 1.54) is 0 Å². The first-order valence-corrected chi connectivity index (χ1v) is 6.73. The van der Waals surface area contributed by atoms with Crippen LogP contribution in [0.15, 0.2) is 24.3 Å². The Morgan fingerprint density at radius 3 is 2.75 bits per heavy atom. The number of amides is 1. The lowest BCUT2D eigenvalue weighted by Crippen LogP contribution is -2.50. The summed E-state index contributed by atoms with van der Waals surface area (Å²) in [6.45, 7) is -0.200. The van der Waals surface area contributed by atoms with Gasteiger partial charge in [0.25, 0.3) is 5.91 Å². The minimum absolute atomic E-state index is 0.0481. The van der Waals surface area contributed by atoms with Crippen LogP contribution in [0.5, 0.6) is 5.75 Å². The number of aliphatic hydroxyl groups excluding tert-OH is 1. The standard InChI is InChI=1S/C15H18N2O3/c16-9-12-5-1-2-6-13(12)20-10-14(19)17-15(11-18)7-3-4-8-15/h1-2,5-6,18H,3-4,7-8,10-11H2,(H,17,19). The zero-order valence-corrected chi connectivity index (χ0v) is 11.3. The van der Waals surface area contributed by atoms with Gasteiger partial charge in [-0.25, -0.2) is 0 Å². The van der Waals surface area contributed by atoms with Crippen molar-refractivity contribution in [3.05, 3.63) is 29.8 Å². The largest absolute Gasteiger partial charge is 0.482 e. The highest BCUT2D eigenvalue weighted by atomic mass is 16.5. The molecule has 0 bridgehead atoms. The third-order valence-electron chi connectivity index (χ3n) is 3.63. The summed E-state index contributed by atoms with van der Waals surface area (Å²) in [4.78, 5) is 11.9. The first-order valence-electron chi connectivity index (χ1n) is 6.73. The molecule has 1 fully saturated rings. The van der Waals surface area contributed by atoms with E-state index in [9.17, 15) is 9.90 Å². The lowest BCUT2D eigenvalue weighted by atomic mass is 9.99. The average Bonchev–Trinajstić information content (AvgIpc) is 2.94. The molecular weight excluding hydrogens is 256 g/mol. The van der Waals surface area contributed by atoms with Gasteiger partial charge in [-0.15, -0.1) is 0 Å². The van der Waals surface area contributed by atoms with Crippen molar-refractivity contribution in [1.29, 1.82) is 5.26 Å². The molecule has 0 radical (unpaired) electrons. The van der Waals surface area contributed by atoms with E-state index in [4.69, 9.17) is 10.00 Å². The number of carbonyl (C=O) groups is 1. The van der Waals surface area contributed by atoms with E-state index in [1.807, 2.05) is 6.07 Å². The van der Waals surface area contributed by atoms with Gasteiger partial charge in [-0.2, -0.15) is 5.26 Å². The maximum Gasteiger partial charge on any atom is 0.258 e. The number of para-hydroxylation sites is 1. The van der Waals surface area contributed by atoms with Crippen LogP contribution in [0.3, 0.4) is 0 Å². The monoisotopic (exact) mass is 274 g/mol. The van der Waals surface area contributed by atoms with Crippen molar-refractivity contribution in [1.82, 2.24) is 5.32 Å². The summed E-state index contributed by atoms with van der Waals surface area (Å²) in [7, 11) is 0. The molecule has 5 heteroatoms. The topological polar surface area (TPSA) is 82.3 Å². The highest BCUT2D eigenvalue weighted by Crippen LogP contribution is 2.29. The maximum absolute atomic E-state index is 11.9. The van der Waals surface area contributed by atoms with E-state index in [-0.39, 0.29) is 19.1 Å². The molecule has 0 aromatic heterocycles. The molecule has 2 rings (SSSR count).